The van der Waals surface area contributed by atoms with E-state index in [1.165, 1.54) is 12.1 Å². The van der Waals surface area contributed by atoms with Crippen LogP contribution in [0.4, 0.5) is 10.1 Å². The van der Waals surface area contributed by atoms with Gasteiger partial charge in [0, 0.05) is 18.8 Å². The van der Waals surface area contributed by atoms with Crippen molar-refractivity contribution in [2.75, 3.05) is 25.0 Å². The molecule has 0 aromatic heterocycles. The van der Waals surface area contributed by atoms with Gasteiger partial charge in [-0.1, -0.05) is 24.3 Å². The standard InChI is InChI=1S/C21H26FN3O2/c1-4-25(5-2)21(27)18-8-6-7-9-19(18)23-14-20(26)24-15(3)16-10-12-17(22)13-11-16/h6-13,15,23H,4-5,14H2,1-3H3,(H,24,26). The summed E-state index contributed by atoms with van der Waals surface area (Å²) >= 11 is 0. The minimum Gasteiger partial charge on any atom is -0.376 e. The molecule has 2 amide bonds. The fraction of sp³-hybridized carbons (Fsp3) is 0.333. The van der Waals surface area contributed by atoms with Gasteiger partial charge in [-0.25, -0.2) is 4.39 Å². The predicted octanol–water partition coefficient (Wildman–Crippen LogP) is 3.60. The Morgan fingerprint density at radius 1 is 1.04 bits per heavy atom. The van der Waals surface area contributed by atoms with Gasteiger partial charge < -0.3 is 15.5 Å². The number of rotatable bonds is 8. The largest absolute Gasteiger partial charge is 0.376 e. The van der Waals surface area contributed by atoms with E-state index in [0.29, 0.717) is 24.3 Å². The summed E-state index contributed by atoms with van der Waals surface area (Å²) in [6, 6.07) is 12.9. The van der Waals surface area contributed by atoms with Crippen molar-refractivity contribution in [1.82, 2.24) is 10.2 Å². The average molecular weight is 371 g/mol. The van der Waals surface area contributed by atoms with Gasteiger partial charge in [-0.2, -0.15) is 0 Å². The van der Waals surface area contributed by atoms with Crippen molar-refractivity contribution in [3.05, 3.63) is 65.5 Å². The molecule has 2 rings (SSSR count). The van der Waals surface area contributed by atoms with Crippen LogP contribution in [-0.4, -0.2) is 36.3 Å². The van der Waals surface area contributed by atoms with Crippen LogP contribution in [0.5, 0.6) is 0 Å². The van der Waals surface area contributed by atoms with Gasteiger partial charge in [0.1, 0.15) is 5.82 Å². The molecule has 0 aliphatic carbocycles. The fourth-order valence-electron chi connectivity index (χ4n) is 2.81. The SMILES string of the molecule is CCN(CC)C(=O)c1ccccc1NCC(=O)NC(C)c1ccc(F)cc1. The summed E-state index contributed by atoms with van der Waals surface area (Å²) in [6.07, 6.45) is 0. The number of nitrogens with zero attached hydrogens (tertiary/aromatic N) is 1. The zero-order chi connectivity index (χ0) is 19.8. The van der Waals surface area contributed by atoms with Crippen LogP contribution >= 0.6 is 0 Å². The molecule has 1 unspecified atom stereocenters. The smallest absolute Gasteiger partial charge is 0.255 e. The molecule has 1 atom stereocenters. The van der Waals surface area contributed by atoms with E-state index in [1.54, 1.807) is 35.2 Å². The second kappa shape index (κ2) is 9.71. The summed E-state index contributed by atoms with van der Waals surface area (Å²) in [7, 11) is 0. The number of nitrogens with one attached hydrogen (secondary N) is 2. The maximum absolute atomic E-state index is 13.0. The number of benzene rings is 2. The molecule has 5 nitrogen and oxygen atoms in total. The van der Waals surface area contributed by atoms with E-state index in [2.05, 4.69) is 10.6 Å². The predicted molar refractivity (Wildman–Crippen MR) is 105 cm³/mol. The Kier molecular flexibility index (Phi) is 7.34. The van der Waals surface area contributed by atoms with Gasteiger partial charge in [0.05, 0.1) is 18.2 Å². The summed E-state index contributed by atoms with van der Waals surface area (Å²) in [5, 5.41) is 5.90. The quantitative estimate of drug-likeness (QED) is 0.745. The molecule has 0 fully saturated rings. The minimum atomic E-state index is -0.312. The van der Waals surface area contributed by atoms with E-state index in [-0.39, 0.29) is 30.2 Å². The molecule has 0 aliphatic heterocycles. The highest BCUT2D eigenvalue weighted by atomic mass is 19.1. The first-order valence-corrected chi connectivity index (χ1v) is 9.13. The molecule has 0 bridgehead atoms. The second-order valence-corrected chi connectivity index (χ2v) is 6.22. The molecule has 144 valence electrons. The Morgan fingerprint density at radius 3 is 2.30 bits per heavy atom. The first kappa shape index (κ1) is 20.4. The number of carbonyl (C=O) groups is 2. The molecule has 0 spiro atoms. The number of hydrogen-bond acceptors (Lipinski definition) is 3. The highest BCUT2D eigenvalue weighted by molar-refractivity contribution is 6.00. The van der Waals surface area contributed by atoms with Gasteiger partial charge in [-0.3, -0.25) is 9.59 Å². The van der Waals surface area contributed by atoms with Gasteiger partial charge in [-0.05, 0) is 50.6 Å². The van der Waals surface area contributed by atoms with E-state index in [9.17, 15) is 14.0 Å². The highest BCUT2D eigenvalue weighted by Gasteiger charge is 2.17. The molecule has 0 radical (unpaired) electrons. The molecule has 0 saturated carbocycles. The van der Waals surface area contributed by atoms with Crippen molar-refractivity contribution in [3.63, 3.8) is 0 Å². The molecule has 0 aliphatic rings. The number of para-hydroxylation sites is 1. The van der Waals surface area contributed by atoms with Crippen LogP contribution < -0.4 is 10.6 Å². The van der Waals surface area contributed by atoms with Gasteiger partial charge in [0.2, 0.25) is 5.91 Å². The van der Waals surface area contributed by atoms with Gasteiger partial charge in [0.25, 0.3) is 5.91 Å². The summed E-state index contributed by atoms with van der Waals surface area (Å²) in [4.78, 5) is 26.6. The second-order valence-electron chi connectivity index (χ2n) is 6.22. The van der Waals surface area contributed by atoms with Crippen LogP contribution in [0.2, 0.25) is 0 Å². The Bertz CT molecular complexity index is 773. The maximum Gasteiger partial charge on any atom is 0.255 e. The van der Waals surface area contributed by atoms with Crippen LogP contribution in [0, 0.1) is 5.82 Å². The third-order valence-electron chi connectivity index (χ3n) is 4.40. The van der Waals surface area contributed by atoms with Crippen LogP contribution in [0.1, 0.15) is 42.7 Å². The zero-order valence-corrected chi connectivity index (χ0v) is 16.0. The minimum absolute atomic E-state index is 0.0358. The molecule has 27 heavy (non-hydrogen) atoms. The number of hydrogen-bond donors (Lipinski definition) is 2. The van der Waals surface area contributed by atoms with Crippen molar-refractivity contribution in [1.29, 1.82) is 0 Å². The van der Waals surface area contributed by atoms with Crippen molar-refractivity contribution >= 4 is 17.5 Å². The Hall–Kier alpha value is -2.89. The van der Waals surface area contributed by atoms with Crippen molar-refractivity contribution in [2.45, 2.75) is 26.8 Å². The van der Waals surface area contributed by atoms with Crippen molar-refractivity contribution in [2.24, 2.45) is 0 Å². The number of halogens is 1. The molecule has 0 heterocycles. The topological polar surface area (TPSA) is 61.4 Å². The normalized spacial score (nSPS) is 11.6. The van der Waals surface area contributed by atoms with E-state index in [4.69, 9.17) is 0 Å². The molecule has 0 saturated heterocycles. The lowest BCUT2D eigenvalue weighted by atomic mass is 10.1. The van der Waals surface area contributed by atoms with E-state index >= 15 is 0 Å². The Labute approximate surface area is 159 Å². The lowest BCUT2D eigenvalue weighted by Gasteiger charge is -2.21. The first-order chi connectivity index (χ1) is 13.0. The first-order valence-electron chi connectivity index (χ1n) is 9.13. The van der Waals surface area contributed by atoms with Crippen molar-refractivity contribution in [3.8, 4) is 0 Å². The average Bonchev–Trinajstić information content (AvgIpc) is 2.68. The molecule has 2 aromatic carbocycles. The third-order valence-corrected chi connectivity index (χ3v) is 4.40. The summed E-state index contributed by atoms with van der Waals surface area (Å²) in [6.45, 7) is 6.99. The molecule has 2 N–H and O–H groups in total. The number of amides is 2. The fourth-order valence-corrected chi connectivity index (χ4v) is 2.81. The Morgan fingerprint density at radius 2 is 1.67 bits per heavy atom. The van der Waals surface area contributed by atoms with Gasteiger partial charge >= 0.3 is 0 Å². The van der Waals surface area contributed by atoms with E-state index in [0.717, 1.165) is 5.56 Å². The van der Waals surface area contributed by atoms with Gasteiger partial charge in [-0.15, -0.1) is 0 Å². The summed E-state index contributed by atoms with van der Waals surface area (Å²) in [5.74, 6) is -0.589. The lowest BCUT2D eigenvalue weighted by molar-refractivity contribution is -0.120. The number of carbonyl (C=O) groups excluding carboxylic acids is 2. The Balaban J connectivity index is 1.99. The molecule has 2 aromatic rings. The summed E-state index contributed by atoms with van der Waals surface area (Å²) in [5.41, 5.74) is 1.99. The van der Waals surface area contributed by atoms with Gasteiger partial charge in [0.15, 0.2) is 0 Å². The van der Waals surface area contributed by atoms with Crippen LogP contribution in [0.15, 0.2) is 48.5 Å². The third kappa shape index (κ3) is 5.54. The molecule has 6 heteroatoms. The highest BCUT2D eigenvalue weighted by Crippen LogP contribution is 2.17. The summed E-state index contributed by atoms with van der Waals surface area (Å²) < 4.78 is 13.0. The molecular weight excluding hydrogens is 345 g/mol. The van der Waals surface area contributed by atoms with Crippen molar-refractivity contribution < 1.29 is 14.0 Å². The van der Waals surface area contributed by atoms with E-state index in [1.807, 2.05) is 26.8 Å². The maximum atomic E-state index is 13.0. The van der Waals surface area contributed by atoms with E-state index < -0.39 is 0 Å². The zero-order valence-electron chi connectivity index (χ0n) is 16.0. The van der Waals surface area contributed by atoms with Crippen LogP contribution in [0.3, 0.4) is 0 Å². The number of anilines is 1. The van der Waals surface area contributed by atoms with Crippen LogP contribution in [0.25, 0.3) is 0 Å². The lowest BCUT2D eigenvalue weighted by Crippen LogP contribution is -2.33. The monoisotopic (exact) mass is 371 g/mol. The van der Waals surface area contributed by atoms with Crippen LogP contribution in [-0.2, 0) is 4.79 Å². The molecular formula is C21H26FN3O2.